The second-order valence-electron chi connectivity index (χ2n) is 7.01. The number of hydrogen-bond donors (Lipinski definition) is 0. The third-order valence-electron chi connectivity index (χ3n) is 5.25. The minimum atomic E-state index is -0.476. The minimum absolute atomic E-state index is 0.0205. The largest absolute Gasteiger partial charge is 0.464 e. The third-order valence-corrected chi connectivity index (χ3v) is 5.48. The highest BCUT2D eigenvalue weighted by Crippen LogP contribution is 2.48. The molecule has 5 rings (SSSR count). The van der Waals surface area contributed by atoms with Crippen LogP contribution in [-0.2, 0) is 0 Å². The van der Waals surface area contributed by atoms with E-state index in [0.717, 1.165) is 34.6 Å². The van der Waals surface area contributed by atoms with Gasteiger partial charge in [0.1, 0.15) is 5.75 Å². The van der Waals surface area contributed by atoms with Gasteiger partial charge < -0.3 is 4.74 Å². The molecular formula is C22H16ClN3O3. The minimum Gasteiger partial charge on any atom is -0.464 e. The molecule has 144 valence electrons. The number of nitrogens with zero attached hydrogens (tertiary/aromatic N) is 3. The summed E-state index contributed by atoms with van der Waals surface area (Å²) >= 11 is 6.25. The van der Waals surface area contributed by atoms with Crippen LogP contribution in [0.5, 0.6) is 5.75 Å². The van der Waals surface area contributed by atoms with Gasteiger partial charge in [0.25, 0.3) is 5.69 Å². The summed E-state index contributed by atoms with van der Waals surface area (Å²) in [5.74, 6) is 0.753. The molecule has 0 saturated heterocycles. The van der Waals surface area contributed by atoms with E-state index < -0.39 is 11.2 Å². The number of non-ortho nitro benzene ring substituents is 1. The number of ether oxygens (including phenoxy) is 1. The molecule has 2 aliphatic rings. The zero-order chi connectivity index (χ0) is 20.0. The highest BCUT2D eigenvalue weighted by atomic mass is 35.5. The van der Waals surface area contributed by atoms with Crippen LogP contribution in [0.25, 0.3) is 0 Å². The van der Waals surface area contributed by atoms with E-state index in [1.165, 1.54) is 12.1 Å². The smallest absolute Gasteiger partial charge is 0.269 e. The van der Waals surface area contributed by atoms with Crippen molar-refractivity contribution < 1.29 is 9.66 Å². The lowest BCUT2D eigenvalue weighted by molar-refractivity contribution is -0.384. The average Bonchev–Trinajstić information content (AvgIpc) is 3.20. The van der Waals surface area contributed by atoms with E-state index in [-0.39, 0.29) is 11.7 Å². The zero-order valence-electron chi connectivity index (χ0n) is 15.2. The average molecular weight is 406 g/mol. The van der Waals surface area contributed by atoms with Crippen LogP contribution in [0.1, 0.15) is 35.4 Å². The number of fused-ring (bicyclic) bond motifs is 3. The van der Waals surface area contributed by atoms with E-state index in [1.54, 1.807) is 18.2 Å². The molecule has 2 aliphatic heterocycles. The van der Waals surface area contributed by atoms with Gasteiger partial charge in [0.15, 0.2) is 0 Å². The van der Waals surface area contributed by atoms with E-state index in [2.05, 4.69) is 0 Å². The summed E-state index contributed by atoms with van der Waals surface area (Å²) in [6.07, 6.45) is 0.250. The first-order valence-electron chi connectivity index (χ1n) is 9.22. The lowest BCUT2D eigenvalue weighted by atomic mass is 9.96. The molecule has 2 atom stereocenters. The van der Waals surface area contributed by atoms with Gasteiger partial charge in [-0.1, -0.05) is 41.9 Å². The Labute approximate surface area is 172 Å². The normalized spacial score (nSPS) is 19.8. The standard InChI is InChI=1S/C22H16ClN3O3/c23-16-8-11-21-18(12-16)20-13-19(14-4-2-1-3-5-14)24-25(20)22(29-21)15-6-9-17(10-7-15)26(27)28/h1-12,20,22H,13H2/t20-,22+/m1/s1. The number of benzene rings is 3. The van der Waals surface area contributed by atoms with E-state index in [4.69, 9.17) is 21.4 Å². The molecule has 6 nitrogen and oxygen atoms in total. The van der Waals surface area contributed by atoms with Crippen molar-refractivity contribution in [1.29, 1.82) is 0 Å². The van der Waals surface area contributed by atoms with Gasteiger partial charge in [0, 0.05) is 34.7 Å². The van der Waals surface area contributed by atoms with Crippen molar-refractivity contribution in [2.75, 3.05) is 0 Å². The van der Waals surface area contributed by atoms with E-state index in [1.807, 2.05) is 47.5 Å². The van der Waals surface area contributed by atoms with Crippen LogP contribution in [0.3, 0.4) is 0 Å². The molecule has 29 heavy (non-hydrogen) atoms. The number of nitro groups is 1. The Morgan fingerprint density at radius 1 is 1.07 bits per heavy atom. The Hall–Kier alpha value is -3.38. The van der Waals surface area contributed by atoms with Gasteiger partial charge in [-0.3, -0.25) is 10.1 Å². The van der Waals surface area contributed by atoms with Crippen molar-refractivity contribution in [2.24, 2.45) is 5.10 Å². The Kier molecular flexibility index (Phi) is 4.21. The quantitative estimate of drug-likeness (QED) is 0.426. The van der Waals surface area contributed by atoms with Crippen molar-refractivity contribution in [3.63, 3.8) is 0 Å². The van der Waals surface area contributed by atoms with Crippen molar-refractivity contribution in [2.45, 2.75) is 18.7 Å². The SMILES string of the molecule is O=[N+]([O-])c1ccc([C@@H]2Oc3ccc(Cl)cc3[C@H]3CC(c4ccccc4)=NN32)cc1. The molecule has 0 aliphatic carbocycles. The number of nitro benzene ring substituents is 1. The first-order valence-corrected chi connectivity index (χ1v) is 9.59. The van der Waals surface area contributed by atoms with Gasteiger partial charge in [-0.2, -0.15) is 5.10 Å². The van der Waals surface area contributed by atoms with Gasteiger partial charge in [-0.05, 0) is 35.9 Å². The fourth-order valence-electron chi connectivity index (χ4n) is 3.84. The molecule has 0 unspecified atom stereocenters. The molecule has 0 N–H and O–H groups in total. The zero-order valence-corrected chi connectivity index (χ0v) is 16.0. The Morgan fingerprint density at radius 2 is 1.83 bits per heavy atom. The van der Waals surface area contributed by atoms with E-state index >= 15 is 0 Å². The highest BCUT2D eigenvalue weighted by molar-refractivity contribution is 6.30. The molecular weight excluding hydrogens is 390 g/mol. The van der Waals surface area contributed by atoms with Crippen LogP contribution in [-0.4, -0.2) is 15.6 Å². The molecule has 0 bridgehead atoms. The second-order valence-corrected chi connectivity index (χ2v) is 7.45. The van der Waals surface area contributed by atoms with Gasteiger partial charge >= 0.3 is 0 Å². The molecule has 0 aromatic heterocycles. The molecule has 2 heterocycles. The van der Waals surface area contributed by atoms with Gasteiger partial charge in [0.05, 0.1) is 16.7 Å². The Balaban J connectivity index is 1.58. The molecule has 7 heteroatoms. The molecule has 0 amide bonds. The van der Waals surface area contributed by atoms with Crippen LogP contribution in [0, 0.1) is 10.1 Å². The van der Waals surface area contributed by atoms with Gasteiger partial charge in [-0.15, -0.1) is 0 Å². The van der Waals surface area contributed by atoms with Crippen LogP contribution in [0.4, 0.5) is 5.69 Å². The summed E-state index contributed by atoms with van der Waals surface area (Å²) in [5, 5.41) is 18.4. The predicted octanol–water partition coefficient (Wildman–Crippen LogP) is 5.49. The van der Waals surface area contributed by atoms with E-state index in [0.29, 0.717) is 5.02 Å². The summed E-state index contributed by atoms with van der Waals surface area (Å²) in [6.45, 7) is 0. The maximum absolute atomic E-state index is 11.0. The molecule has 0 saturated carbocycles. The number of hydrazone groups is 1. The van der Waals surface area contributed by atoms with Crippen molar-refractivity contribution >= 4 is 23.0 Å². The van der Waals surface area contributed by atoms with Crippen LogP contribution >= 0.6 is 11.6 Å². The molecule has 0 fully saturated rings. The summed E-state index contributed by atoms with van der Waals surface area (Å²) in [7, 11) is 0. The summed E-state index contributed by atoms with van der Waals surface area (Å²) in [6, 6.07) is 22.0. The maximum Gasteiger partial charge on any atom is 0.269 e. The lowest BCUT2D eigenvalue weighted by Crippen LogP contribution is -2.33. The first kappa shape index (κ1) is 17.7. The monoisotopic (exact) mass is 405 g/mol. The maximum atomic E-state index is 11.0. The molecule has 3 aromatic carbocycles. The van der Waals surface area contributed by atoms with Gasteiger partial charge in [-0.25, -0.2) is 5.01 Å². The fraction of sp³-hybridized carbons (Fsp3) is 0.136. The molecule has 3 aromatic rings. The highest BCUT2D eigenvalue weighted by Gasteiger charge is 2.41. The van der Waals surface area contributed by atoms with Crippen LogP contribution in [0.15, 0.2) is 77.9 Å². The Bertz CT molecular complexity index is 1120. The molecule has 0 spiro atoms. The third kappa shape index (κ3) is 3.11. The van der Waals surface area contributed by atoms with Gasteiger partial charge in [0.2, 0.25) is 6.23 Å². The van der Waals surface area contributed by atoms with Crippen molar-refractivity contribution in [3.8, 4) is 5.75 Å². The lowest BCUT2D eigenvalue weighted by Gasteiger charge is -2.38. The van der Waals surface area contributed by atoms with Crippen molar-refractivity contribution in [1.82, 2.24) is 5.01 Å². The van der Waals surface area contributed by atoms with Crippen molar-refractivity contribution in [3.05, 3.63) is 105 Å². The second kappa shape index (κ2) is 6.90. The van der Waals surface area contributed by atoms with Crippen LogP contribution in [0.2, 0.25) is 5.02 Å². The molecule has 0 radical (unpaired) electrons. The number of hydrogen-bond acceptors (Lipinski definition) is 5. The number of rotatable bonds is 3. The topological polar surface area (TPSA) is 68.0 Å². The summed E-state index contributed by atoms with van der Waals surface area (Å²) < 4.78 is 6.26. The van der Waals surface area contributed by atoms with E-state index in [9.17, 15) is 10.1 Å². The van der Waals surface area contributed by atoms with Crippen LogP contribution < -0.4 is 4.74 Å². The summed E-state index contributed by atoms with van der Waals surface area (Å²) in [4.78, 5) is 10.6. The first-order chi connectivity index (χ1) is 14.1. The number of halogens is 1. The Morgan fingerprint density at radius 3 is 2.55 bits per heavy atom. The summed E-state index contributed by atoms with van der Waals surface area (Å²) in [5.41, 5.74) is 3.87. The fourth-order valence-corrected chi connectivity index (χ4v) is 4.02. The predicted molar refractivity (Wildman–Crippen MR) is 110 cm³/mol.